The Kier molecular flexibility index (Phi) is 5.36. The topological polar surface area (TPSA) is 78.6 Å². The number of carbonyl (C=O) groups excluding carboxylic acids is 1. The van der Waals surface area contributed by atoms with E-state index in [-0.39, 0.29) is 12.6 Å². The molecular weight excluding hydrogens is 251 g/mol. The van der Waals surface area contributed by atoms with Crippen molar-refractivity contribution in [2.24, 2.45) is 5.73 Å². The van der Waals surface area contributed by atoms with Crippen LogP contribution in [0.2, 0.25) is 0 Å². The molecule has 1 saturated heterocycles. The van der Waals surface area contributed by atoms with E-state index in [0.717, 1.165) is 12.8 Å². The lowest BCUT2D eigenvalue weighted by Crippen LogP contribution is -2.47. The van der Waals surface area contributed by atoms with Gasteiger partial charge in [-0.3, -0.25) is 9.69 Å². The summed E-state index contributed by atoms with van der Waals surface area (Å²) in [5.74, 6) is -0.520. The van der Waals surface area contributed by atoms with Crippen molar-refractivity contribution in [2.45, 2.75) is 31.2 Å². The van der Waals surface area contributed by atoms with Gasteiger partial charge in [-0.15, -0.1) is 0 Å². The highest BCUT2D eigenvalue weighted by atomic mass is 19.4. The molecule has 0 radical (unpaired) electrons. The Morgan fingerprint density at radius 3 is 2.50 bits per heavy atom. The number of nitrogens with zero attached hydrogens (tertiary/aromatic N) is 1. The highest BCUT2D eigenvalue weighted by Gasteiger charge is 2.38. The van der Waals surface area contributed by atoms with Crippen LogP contribution in [0.5, 0.6) is 0 Å². The molecule has 0 aromatic rings. The first-order valence-corrected chi connectivity index (χ1v) is 5.78. The Hall–Kier alpha value is -0.860. The molecule has 0 aromatic heterocycles. The molecule has 1 rings (SSSR count). The molecule has 0 bridgehead atoms. The van der Waals surface area contributed by atoms with Crippen molar-refractivity contribution >= 4 is 5.91 Å². The van der Waals surface area contributed by atoms with Crippen molar-refractivity contribution in [3.05, 3.63) is 0 Å². The van der Waals surface area contributed by atoms with Crippen LogP contribution >= 0.6 is 0 Å². The zero-order valence-corrected chi connectivity index (χ0v) is 9.91. The molecule has 1 heterocycles. The van der Waals surface area contributed by atoms with E-state index < -0.39 is 24.7 Å². The van der Waals surface area contributed by atoms with Gasteiger partial charge in [-0.1, -0.05) is 0 Å². The molecular formula is C10H18F3N3O2. The van der Waals surface area contributed by atoms with Crippen molar-refractivity contribution < 1.29 is 23.1 Å². The van der Waals surface area contributed by atoms with Crippen LogP contribution in [0.3, 0.4) is 0 Å². The lowest BCUT2D eigenvalue weighted by Gasteiger charge is -2.29. The molecule has 18 heavy (non-hydrogen) atoms. The summed E-state index contributed by atoms with van der Waals surface area (Å²) in [5, 5.41) is 10.8. The number of hydrogen-bond acceptors (Lipinski definition) is 4. The molecule has 1 aliphatic heterocycles. The molecule has 1 amide bonds. The second-order valence-electron chi connectivity index (χ2n) is 4.48. The predicted molar refractivity (Wildman–Crippen MR) is 58.7 cm³/mol. The molecule has 4 N–H and O–H groups in total. The van der Waals surface area contributed by atoms with Crippen LogP contribution in [0.25, 0.3) is 0 Å². The van der Waals surface area contributed by atoms with Crippen molar-refractivity contribution in [3.8, 4) is 0 Å². The van der Waals surface area contributed by atoms with E-state index in [4.69, 9.17) is 10.8 Å². The minimum atomic E-state index is -4.70. The van der Waals surface area contributed by atoms with Crippen LogP contribution in [0.15, 0.2) is 0 Å². The number of carbonyl (C=O) groups is 1. The van der Waals surface area contributed by atoms with Gasteiger partial charge in [-0.05, 0) is 12.8 Å². The lowest BCUT2D eigenvalue weighted by atomic mass is 10.1. The van der Waals surface area contributed by atoms with Gasteiger partial charge >= 0.3 is 6.18 Å². The molecule has 0 spiro atoms. The van der Waals surface area contributed by atoms with Crippen molar-refractivity contribution in [2.75, 3.05) is 26.2 Å². The number of amides is 1. The van der Waals surface area contributed by atoms with Crippen LogP contribution in [-0.4, -0.2) is 60.4 Å². The minimum Gasteiger partial charge on any atom is -0.382 e. The highest BCUT2D eigenvalue weighted by molar-refractivity contribution is 5.78. The van der Waals surface area contributed by atoms with Crippen molar-refractivity contribution in [1.29, 1.82) is 0 Å². The standard InChI is InChI=1S/C10H18F3N3O2/c11-10(12,13)8(17)5-15-9(18)6-16-3-1-7(14)2-4-16/h7-8,17H,1-6,14H2,(H,15,18). The number of nitrogens with one attached hydrogen (secondary N) is 1. The number of piperidine rings is 1. The molecule has 1 unspecified atom stereocenters. The zero-order chi connectivity index (χ0) is 13.8. The van der Waals surface area contributed by atoms with Gasteiger partial charge in [0.1, 0.15) is 0 Å². The first-order valence-electron chi connectivity index (χ1n) is 5.78. The molecule has 1 aliphatic rings. The number of likely N-dealkylation sites (tertiary alicyclic amines) is 1. The summed E-state index contributed by atoms with van der Waals surface area (Å²) in [5.41, 5.74) is 5.69. The highest BCUT2D eigenvalue weighted by Crippen LogP contribution is 2.19. The second kappa shape index (κ2) is 6.35. The lowest BCUT2D eigenvalue weighted by molar-refractivity contribution is -0.201. The van der Waals surface area contributed by atoms with Crippen molar-refractivity contribution in [1.82, 2.24) is 10.2 Å². The van der Waals surface area contributed by atoms with E-state index in [1.54, 1.807) is 0 Å². The summed E-state index contributed by atoms with van der Waals surface area (Å²) in [6.45, 7) is 0.555. The van der Waals surface area contributed by atoms with E-state index in [9.17, 15) is 18.0 Å². The van der Waals surface area contributed by atoms with Gasteiger partial charge in [-0.25, -0.2) is 0 Å². The minimum absolute atomic E-state index is 0.0390. The number of nitrogens with two attached hydrogens (primary N) is 1. The maximum absolute atomic E-state index is 12.0. The number of alkyl halides is 3. The Bertz CT molecular complexity index is 278. The quantitative estimate of drug-likeness (QED) is 0.640. The third kappa shape index (κ3) is 5.19. The monoisotopic (exact) mass is 269 g/mol. The van der Waals surface area contributed by atoms with E-state index in [1.165, 1.54) is 0 Å². The van der Waals surface area contributed by atoms with Crippen LogP contribution in [0.1, 0.15) is 12.8 Å². The van der Waals surface area contributed by atoms with Gasteiger partial charge < -0.3 is 16.2 Å². The van der Waals surface area contributed by atoms with E-state index in [2.05, 4.69) is 5.32 Å². The van der Waals surface area contributed by atoms with Gasteiger partial charge in [0.15, 0.2) is 6.10 Å². The van der Waals surface area contributed by atoms with Gasteiger partial charge in [0.05, 0.1) is 13.1 Å². The first-order chi connectivity index (χ1) is 8.29. The smallest absolute Gasteiger partial charge is 0.382 e. The molecule has 1 atom stereocenters. The van der Waals surface area contributed by atoms with Crippen LogP contribution in [-0.2, 0) is 4.79 Å². The Balaban J connectivity index is 2.22. The number of hydrogen-bond donors (Lipinski definition) is 3. The van der Waals surface area contributed by atoms with Crippen LogP contribution < -0.4 is 11.1 Å². The summed E-state index contributed by atoms with van der Waals surface area (Å²) in [4.78, 5) is 13.2. The summed E-state index contributed by atoms with van der Waals surface area (Å²) < 4.78 is 35.9. The SMILES string of the molecule is NC1CCN(CC(=O)NCC(O)C(F)(F)F)CC1. The Labute approximate surface area is 103 Å². The molecule has 8 heteroatoms. The summed E-state index contributed by atoms with van der Waals surface area (Å²) in [6, 6.07) is 0.136. The third-order valence-corrected chi connectivity index (χ3v) is 2.87. The molecule has 106 valence electrons. The van der Waals surface area contributed by atoms with E-state index in [1.807, 2.05) is 4.90 Å². The number of aliphatic hydroxyl groups is 1. The number of rotatable bonds is 4. The van der Waals surface area contributed by atoms with Gasteiger partial charge in [0.25, 0.3) is 0 Å². The summed E-state index contributed by atoms with van der Waals surface area (Å²) >= 11 is 0. The molecule has 0 aromatic carbocycles. The molecule has 0 aliphatic carbocycles. The fraction of sp³-hybridized carbons (Fsp3) is 0.900. The second-order valence-corrected chi connectivity index (χ2v) is 4.48. The maximum atomic E-state index is 12.0. The van der Waals surface area contributed by atoms with E-state index in [0.29, 0.717) is 13.1 Å². The predicted octanol–water partition coefficient (Wildman–Crippen LogP) is -0.551. The number of aliphatic hydroxyl groups excluding tert-OH is 1. The normalized spacial score (nSPS) is 20.7. The number of halogens is 3. The largest absolute Gasteiger partial charge is 0.416 e. The Morgan fingerprint density at radius 1 is 1.44 bits per heavy atom. The van der Waals surface area contributed by atoms with Gasteiger partial charge in [-0.2, -0.15) is 13.2 Å². The maximum Gasteiger partial charge on any atom is 0.416 e. The molecule has 1 fully saturated rings. The van der Waals surface area contributed by atoms with Crippen molar-refractivity contribution in [3.63, 3.8) is 0 Å². The zero-order valence-electron chi connectivity index (χ0n) is 9.91. The summed E-state index contributed by atoms with van der Waals surface area (Å²) in [7, 11) is 0. The average molecular weight is 269 g/mol. The van der Waals surface area contributed by atoms with Gasteiger partial charge in [0, 0.05) is 19.1 Å². The molecule has 5 nitrogen and oxygen atoms in total. The third-order valence-electron chi connectivity index (χ3n) is 2.87. The molecule has 0 saturated carbocycles. The van der Waals surface area contributed by atoms with E-state index >= 15 is 0 Å². The summed E-state index contributed by atoms with van der Waals surface area (Å²) in [6.07, 6.45) is -5.67. The van der Waals surface area contributed by atoms with Gasteiger partial charge in [0.2, 0.25) is 5.91 Å². The fourth-order valence-corrected chi connectivity index (χ4v) is 1.70. The average Bonchev–Trinajstić information content (AvgIpc) is 2.28. The first kappa shape index (κ1) is 15.2. The Morgan fingerprint density at radius 2 is 2.00 bits per heavy atom. The van der Waals surface area contributed by atoms with Crippen LogP contribution in [0.4, 0.5) is 13.2 Å². The fourth-order valence-electron chi connectivity index (χ4n) is 1.70. The van der Waals surface area contributed by atoms with Crippen LogP contribution in [0, 0.1) is 0 Å².